The third-order valence-electron chi connectivity index (χ3n) is 0.394. The molecule has 30 valence electrons. The van der Waals surface area contributed by atoms with Gasteiger partial charge >= 0.3 is 0 Å². The lowest BCUT2D eigenvalue weighted by Crippen LogP contribution is -1.66. The van der Waals surface area contributed by atoms with Crippen LogP contribution in [0.4, 0.5) is 0 Å². The highest BCUT2D eigenvalue weighted by Gasteiger charge is 1.59. The van der Waals surface area contributed by atoms with Gasteiger partial charge in [0.05, 0.1) is 2.74 Å². The summed E-state index contributed by atoms with van der Waals surface area (Å²) >= 11 is 0. The van der Waals surface area contributed by atoms with Gasteiger partial charge in [0.2, 0.25) is 0 Å². The van der Waals surface area contributed by atoms with Gasteiger partial charge in [-0.05, 0) is 0 Å². The van der Waals surface area contributed by atoms with Crippen LogP contribution in [0.25, 0.3) is 0 Å². The molecule has 0 aromatic carbocycles. The minimum absolute atomic E-state index is 0.0394. The fourth-order valence-corrected chi connectivity index (χ4v) is 0.199. The van der Waals surface area contributed by atoms with Crippen molar-refractivity contribution in [1.82, 2.24) is 9.97 Å². The second-order valence-corrected chi connectivity index (χ2v) is 0.777. The van der Waals surface area contributed by atoms with Gasteiger partial charge in [-0.25, -0.2) is 0 Å². The smallest absolute Gasteiger partial charge is 0.0857 e. The average molecular weight is 82.1 g/mol. The average Bonchev–Trinajstić information content (AvgIpc) is 1.64. The molecule has 0 aliphatic rings. The van der Waals surface area contributed by atoms with Gasteiger partial charge in [-0.15, -0.1) is 0 Å². The van der Waals surface area contributed by atoms with Crippen molar-refractivity contribution in [2.75, 3.05) is 0 Å². The first-order valence-electron chi connectivity index (χ1n) is 2.54. The van der Waals surface area contributed by atoms with Crippen molar-refractivity contribution in [3.63, 3.8) is 0 Å². The first kappa shape index (κ1) is 1.69. The highest BCUT2D eigenvalue weighted by atomic mass is 14.7. The van der Waals surface area contributed by atoms with Crippen molar-refractivity contribution in [3.8, 4) is 0 Å². The predicted molar refractivity (Wildman–Crippen MR) is 22.0 cm³/mol. The molecule has 0 unspecified atom stereocenters. The Kier molecular flexibility index (Phi) is 0.422. The normalized spacial score (nSPS) is 12.7. The van der Waals surface area contributed by atoms with E-state index in [2.05, 4.69) is 9.97 Å². The van der Waals surface area contributed by atoms with Crippen LogP contribution in [-0.4, -0.2) is 9.97 Å². The maximum atomic E-state index is 6.84. The zero-order chi connectivity index (χ0) is 5.98. The zero-order valence-corrected chi connectivity index (χ0v) is 3.05. The van der Waals surface area contributed by atoms with Crippen molar-refractivity contribution in [2.24, 2.45) is 0 Å². The van der Waals surface area contributed by atoms with Gasteiger partial charge in [0.1, 0.15) is 0 Å². The molecule has 6 heavy (non-hydrogen) atoms. The third kappa shape index (κ3) is 0.516. The Hall–Kier alpha value is -0.920. The lowest BCUT2D eigenvalue weighted by molar-refractivity contribution is 1.20. The van der Waals surface area contributed by atoms with Gasteiger partial charge in [-0.3, -0.25) is 9.97 Å². The molecular weight excluding hydrogens is 76.1 g/mol. The second-order valence-electron chi connectivity index (χ2n) is 0.777. The summed E-state index contributed by atoms with van der Waals surface area (Å²) in [6.45, 7) is 0. The summed E-state index contributed by atoms with van der Waals surface area (Å²) in [4.78, 5) is 6.99. The Labute approximate surface area is 38.7 Å². The Morgan fingerprint density at radius 2 is 1.83 bits per heavy atom. The zero-order valence-electron chi connectivity index (χ0n) is 5.05. The first-order chi connectivity index (χ1) is 3.79. The fourth-order valence-electron chi connectivity index (χ4n) is 0.199. The van der Waals surface area contributed by atoms with Crippen LogP contribution in [0.2, 0.25) is 0 Å². The van der Waals surface area contributed by atoms with Crippen molar-refractivity contribution < 1.29 is 2.74 Å². The van der Waals surface area contributed by atoms with Crippen molar-refractivity contribution in [3.05, 3.63) is 24.7 Å². The van der Waals surface area contributed by atoms with Crippen LogP contribution in [0.15, 0.2) is 24.7 Å². The molecule has 0 aliphatic carbocycles. The molecule has 2 heteroatoms. The summed E-state index contributed by atoms with van der Waals surface area (Å²) < 4.78 is 13.7. The molecule has 1 aromatic heterocycles. The van der Waals surface area contributed by atoms with E-state index in [1.54, 1.807) is 0 Å². The van der Waals surface area contributed by atoms with E-state index in [-0.39, 0.29) is 12.3 Å². The van der Waals surface area contributed by atoms with Crippen LogP contribution in [0.5, 0.6) is 0 Å². The summed E-state index contributed by atoms with van der Waals surface area (Å²) in [5.41, 5.74) is 0. The van der Waals surface area contributed by atoms with E-state index < -0.39 is 0 Å². The monoisotopic (exact) mass is 82.1 g/mol. The molecule has 2 nitrogen and oxygen atoms in total. The van der Waals surface area contributed by atoms with Gasteiger partial charge in [0.25, 0.3) is 0 Å². The highest BCUT2D eigenvalue weighted by molar-refractivity contribution is 4.70. The van der Waals surface area contributed by atoms with Gasteiger partial charge in [-0.1, -0.05) is 0 Å². The number of aromatic nitrogens is 2. The van der Waals surface area contributed by atoms with Gasteiger partial charge in [-0.2, -0.15) is 0 Å². The van der Waals surface area contributed by atoms with E-state index in [9.17, 15) is 0 Å². The van der Waals surface area contributed by atoms with Crippen LogP contribution in [0.1, 0.15) is 2.74 Å². The standard InChI is InChI=1S/C4H4N2/c1-2-6-4-3-5-1/h1-4H/i1D,3D. The van der Waals surface area contributed by atoms with Crippen molar-refractivity contribution >= 4 is 0 Å². The van der Waals surface area contributed by atoms with Crippen LogP contribution in [0, 0.1) is 0 Å². The largest absolute Gasteiger partial charge is 0.262 e. The Morgan fingerprint density at radius 3 is 2.17 bits per heavy atom. The molecule has 0 fully saturated rings. The third-order valence-corrected chi connectivity index (χ3v) is 0.394. The molecule has 0 radical (unpaired) electrons. The van der Waals surface area contributed by atoms with Gasteiger partial charge in [0.15, 0.2) is 0 Å². The van der Waals surface area contributed by atoms with E-state index in [1.807, 2.05) is 0 Å². The number of rotatable bonds is 0. The summed E-state index contributed by atoms with van der Waals surface area (Å²) in [5.74, 6) is 0. The number of nitrogens with zero attached hydrogens (tertiary/aromatic N) is 2. The lowest BCUT2D eigenvalue weighted by atomic mass is 10.8. The maximum Gasteiger partial charge on any atom is 0.0857 e. The molecule has 0 aliphatic heterocycles. The van der Waals surface area contributed by atoms with E-state index in [4.69, 9.17) is 2.74 Å². The van der Waals surface area contributed by atoms with Gasteiger partial charge < -0.3 is 0 Å². The molecule has 0 bridgehead atoms. The maximum absolute atomic E-state index is 6.84. The molecule has 0 atom stereocenters. The molecule has 0 saturated carbocycles. The summed E-state index contributed by atoms with van der Waals surface area (Å²) in [5, 5.41) is 0. The van der Waals surface area contributed by atoms with Crippen molar-refractivity contribution in [2.45, 2.75) is 0 Å². The highest BCUT2D eigenvalue weighted by Crippen LogP contribution is 1.65. The van der Waals surface area contributed by atoms with E-state index in [0.29, 0.717) is 0 Å². The second kappa shape index (κ2) is 1.50. The van der Waals surface area contributed by atoms with Crippen LogP contribution in [-0.2, 0) is 0 Å². The Morgan fingerprint density at radius 1 is 1.17 bits per heavy atom. The lowest BCUT2D eigenvalue weighted by Gasteiger charge is -1.70. The van der Waals surface area contributed by atoms with Crippen LogP contribution in [0.3, 0.4) is 0 Å². The topological polar surface area (TPSA) is 25.8 Å². The van der Waals surface area contributed by atoms with Crippen LogP contribution >= 0.6 is 0 Å². The van der Waals surface area contributed by atoms with E-state index >= 15 is 0 Å². The molecule has 0 saturated heterocycles. The Bertz CT molecular complexity index is 172. The quantitative estimate of drug-likeness (QED) is 0.455. The minimum Gasteiger partial charge on any atom is -0.262 e. The van der Waals surface area contributed by atoms with Crippen LogP contribution < -0.4 is 0 Å². The molecule has 1 heterocycles. The molecule has 1 rings (SSSR count). The summed E-state index contributed by atoms with van der Waals surface area (Å²) in [7, 11) is 0. The Balaban J connectivity index is 3.08. The predicted octanol–water partition coefficient (Wildman–Crippen LogP) is 0.477. The van der Waals surface area contributed by atoms with E-state index in [0.717, 1.165) is 0 Å². The molecule has 0 N–H and O–H groups in total. The van der Waals surface area contributed by atoms with E-state index in [1.165, 1.54) is 12.4 Å². The number of hydrogen-bond acceptors (Lipinski definition) is 2. The molecule has 0 amide bonds. The first-order valence-corrected chi connectivity index (χ1v) is 1.54. The number of hydrogen-bond donors (Lipinski definition) is 0. The molecule has 0 spiro atoms. The fraction of sp³-hybridized carbons (Fsp3) is 0. The SMILES string of the molecule is [2H]c1cncc([2H])n1. The van der Waals surface area contributed by atoms with Crippen molar-refractivity contribution in [1.29, 1.82) is 0 Å². The molecular formula is C4H4N2. The summed E-state index contributed by atoms with van der Waals surface area (Å²) in [6, 6.07) is 0. The van der Waals surface area contributed by atoms with Gasteiger partial charge in [0, 0.05) is 24.7 Å². The molecule has 1 aromatic rings. The summed E-state index contributed by atoms with van der Waals surface area (Å²) in [6.07, 6.45) is 2.66. The minimum atomic E-state index is 0.0394.